The summed E-state index contributed by atoms with van der Waals surface area (Å²) in [5, 5.41) is 3.67. The monoisotopic (exact) mass is 257 g/mol. The number of hydrogen-bond acceptors (Lipinski definition) is 5. The number of esters is 1. The van der Waals surface area contributed by atoms with Crippen LogP contribution in [0.5, 0.6) is 0 Å². The largest absolute Gasteiger partial charge is 0.469 e. The average molecular weight is 258 g/mol. The van der Waals surface area contributed by atoms with E-state index in [4.69, 9.17) is 16.0 Å². The van der Waals surface area contributed by atoms with E-state index in [1.54, 1.807) is 0 Å². The SMILES string of the molecule is COC(=O)c1cocc1-n1c(Cl)nn(C)c1=O. The normalized spacial score (nSPS) is 10.5. The fraction of sp³-hybridized carbons (Fsp3) is 0.222. The summed E-state index contributed by atoms with van der Waals surface area (Å²) >= 11 is 5.80. The number of nitrogens with zero attached hydrogens (tertiary/aromatic N) is 3. The lowest BCUT2D eigenvalue weighted by Crippen LogP contribution is -2.22. The number of hydrogen-bond donors (Lipinski definition) is 0. The Balaban J connectivity index is 2.66. The molecule has 0 unspecified atom stereocenters. The number of ether oxygens (including phenoxy) is 1. The number of rotatable bonds is 2. The molecule has 0 aliphatic heterocycles. The maximum absolute atomic E-state index is 11.7. The summed E-state index contributed by atoms with van der Waals surface area (Å²) in [7, 11) is 2.68. The standard InChI is InChI=1S/C9H8ClN3O4/c1-12-9(15)13(8(10)11-12)6-4-17-3-5(6)7(14)16-2/h3-4H,1-2H3. The minimum absolute atomic E-state index is 0.0657. The second kappa shape index (κ2) is 4.10. The lowest BCUT2D eigenvalue weighted by atomic mass is 10.3. The maximum Gasteiger partial charge on any atom is 0.351 e. The zero-order valence-corrected chi connectivity index (χ0v) is 9.76. The van der Waals surface area contributed by atoms with Crippen LogP contribution in [0.15, 0.2) is 21.7 Å². The van der Waals surface area contributed by atoms with Crippen molar-refractivity contribution in [3.8, 4) is 5.69 Å². The van der Waals surface area contributed by atoms with Crippen LogP contribution in [-0.4, -0.2) is 27.4 Å². The van der Waals surface area contributed by atoms with E-state index in [1.165, 1.54) is 26.7 Å². The Morgan fingerprint density at radius 3 is 2.76 bits per heavy atom. The van der Waals surface area contributed by atoms with Gasteiger partial charge in [0.1, 0.15) is 23.8 Å². The maximum atomic E-state index is 11.7. The molecule has 0 fully saturated rings. The Bertz CT molecular complexity index is 624. The predicted molar refractivity (Wildman–Crippen MR) is 57.4 cm³/mol. The van der Waals surface area contributed by atoms with Crippen LogP contribution in [0.3, 0.4) is 0 Å². The minimum Gasteiger partial charge on any atom is -0.469 e. The second-order valence-electron chi connectivity index (χ2n) is 3.17. The van der Waals surface area contributed by atoms with Crippen LogP contribution < -0.4 is 5.69 Å². The molecule has 0 bridgehead atoms. The molecule has 0 aliphatic rings. The second-order valence-corrected chi connectivity index (χ2v) is 3.51. The van der Waals surface area contributed by atoms with Gasteiger partial charge in [0.05, 0.1) is 7.11 Å². The molecule has 2 rings (SSSR count). The van der Waals surface area contributed by atoms with E-state index in [0.717, 1.165) is 9.25 Å². The summed E-state index contributed by atoms with van der Waals surface area (Å²) < 4.78 is 11.5. The highest BCUT2D eigenvalue weighted by Gasteiger charge is 2.21. The van der Waals surface area contributed by atoms with Gasteiger partial charge >= 0.3 is 11.7 Å². The van der Waals surface area contributed by atoms with Crippen LogP contribution in [-0.2, 0) is 11.8 Å². The molecule has 17 heavy (non-hydrogen) atoms. The number of carbonyl (C=O) groups excluding carboxylic acids is 1. The molecule has 8 heteroatoms. The van der Waals surface area contributed by atoms with Crippen molar-refractivity contribution < 1.29 is 13.9 Å². The summed E-state index contributed by atoms with van der Waals surface area (Å²) in [6.45, 7) is 0. The topological polar surface area (TPSA) is 79.3 Å². The third-order valence-electron chi connectivity index (χ3n) is 2.17. The van der Waals surface area contributed by atoms with Crippen molar-refractivity contribution in [1.82, 2.24) is 14.3 Å². The molecule has 2 heterocycles. The van der Waals surface area contributed by atoms with Gasteiger partial charge in [0.2, 0.25) is 5.28 Å². The van der Waals surface area contributed by atoms with E-state index >= 15 is 0 Å². The molecule has 2 aromatic rings. The Hall–Kier alpha value is -2.02. The van der Waals surface area contributed by atoms with Crippen molar-refractivity contribution in [3.05, 3.63) is 33.9 Å². The third-order valence-corrected chi connectivity index (χ3v) is 2.42. The average Bonchev–Trinajstić information content (AvgIpc) is 2.84. The number of halogens is 1. The summed E-state index contributed by atoms with van der Waals surface area (Å²) in [5.74, 6) is -0.624. The highest BCUT2D eigenvalue weighted by Crippen LogP contribution is 2.18. The first-order valence-electron chi connectivity index (χ1n) is 4.52. The number of aromatic nitrogens is 3. The van der Waals surface area contributed by atoms with Crippen molar-refractivity contribution in [2.24, 2.45) is 7.05 Å². The molecule has 0 N–H and O–H groups in total. The van der Waals surface area contributed by atoms with E-state index < -0.39 is 11.7 Å². The molecule has 0 radical (unpaired) electrons. The van der Waals surface area contributed by atoms with Gasteiger partial charge in [-0.05, 0) is 11.6 Å². The van der Waals surface area contributed by atoms with Crippen molar-refractivity contribution in [2.75, 3.05) is 7.11 Å². The fourth-order valence-corrected chi connectivity index (χ4v) is 1.64. The van der Waals surface area contributed by atoms with Gasteiger partial charge in [-0.3, -0.25) is 0 Å². The Labute approximate surface area is 100 Å². The van der Waals surface area contributed by atoms with Gasteiger partial charge in [-0.15, -0.1) is 5.10 Å². The number of methoxy groups -OCH3 is 1. The molecule has 0 spiro atoms. The van der Waals surface area contributed by atoms with Gasteiger partial charge in [-0.2, -0.15) is 0 Å². The van der Waals surface area contributed by atoms with E-state index in [0.29, 0.717) is 0 Å². The van der Waals surface area contributed by atoms with Crippen LogP contribution in [0.1, 0.15) is 10.4 Å². The van der Waals surface area contributed by atoms with Crippen LogP contribution in [0.4, 0.5) is 0 Å². The van der Waals surface area contributed by atoms with Crippen LogP contribution >= 0.6 is 11.6 Å². The molecule has 7 nitrogen and oxygen atoms in total. The first-order chi connectivity index (χ1) is 8.06. The lowest BCUT2D eigenvalue weighted by Gasteiger charge is -2.00. The van der Waals surface area contributed by atoms with E-state index in [1.807, 2.05) is 0 Å². The Morgan fingerprint density at radius 1 is 1.53 bits per heavy atom. The molecule has 90 valence electrons. The van der Waals surface area contributed by atoms with Crippen LogP contribution in [0, 0.1) is 0 Å². The fourth-order valence-electron chi connectivity index (χ4n) is 1.36. The van der Waals surface area contributed by atoms with Crippen molar-refractivity contribution in [1.29, 1.82) is 0 Å². The van der Waals surface area contributed by atoms with Gasteiger partial charge in [-0.1, -0.05) is 0 Å². The first kappa shape index (κ1) is 11.5. The third kappa shape index (κ3) is 1.74. The first-order valence-corrected chi connectivity index (χ1v) is 4.90. The predicted octanol–water partition coefficient (Wildman–Crippen LogP) is 0.604. The summed E-state index contributed by atoms with van der Waals surface area (Å²) in [6.07, 6.45) is 2.40. The highest BCUT2D eigenvalue weighted by molar-refractivity contribution is 6.28. The summed E-state index contributed by atoms with van der Waals surface area (Å²) in [5.41, 5.74) is -0.189. The molecule has 0 saturated carbocycles. The summed E-state index contributed by atoms with van der Waals surface area (Å²) in [6, 6.07) is 0. The van der Waals surface area contributed by atoms with Crippen LogP contribution in [0.2, 0.25) is 5.28 Å². The minimum atomic E-state index is -0.624. The van der Waals surface area contributed by atoms with Crippen molar-refractivity contribution in [3.63, 3.8) is 0 Å². The van der Waals surface area contributed by atoms with E-state index in [2.05, 4.69) is 9.84 Å². The molecular formula is C9H8ClN3O4. The van der Waals surface area contributed by atoms with Crippen molar-refractivity contribution >= 4 is 17.6 Å². The smallest absolute Gasteiger partial charge is 0.351 e. The van der Waals surface area contributed by atoms with Gasteiger partial charge in [-0.25, -0.2) is 18.8 Å². The Morgan fingerprint density at radius 2 is 2.24 bits per heavy atom. The highest BCUT2D eigenvalue weighted by atomic mass is 35.5. The van der Waals surface area contributed by atoms with Crippen molar-refractivity contribution in [2.45, 2.75) is 0 Å². The molecule has 2 aromatic heterocycles. The molecular weight excluding hydrogens is 250 g/mol. The molecule has 0 amide bonds. The van der Waals surface area contributed by atoms with Gasteiger partial charge in [0.15, 0.2) is 0 Å². The molecule has 0 atom stereocenters. The van der Waals surface area contributed by atoms with Gasteiger partial charge < -0.3 is 9.15 Å². The van der Waals surface area contributed by atoms with E-state index in [9.17, 15) is 9.59 Å². The zero-order chi connectivity index (χ0) is 12.6. The summed E-state index contributed by atoms with van der Waals surface area (Å²) in [4.78, 5) is 23.2. The Kier molecular flexibility index (Phi) is 2.76. The zero-order valence-electron chi connectivity index (χ0n) is 9.01. The quantitative estimate of drug-likeness (QED) is 0.736. The van der Waals surface area contributed by atoms with Gasteiger partial charge in [0, 0.05) is 7.05 Å². The number of furan rings is 1. The van der Waals surface area contributed by atoms with Crippen LogP contribution in [0.25, 0.3) is 5.69 Å². The van der Waals surface area contributed by atoms with E-state index in [-0.39, 0.29) is 16.5 Å². The lowest BCUT2D eigenvalue weighted by molar-refractivity contribution is 0.0600. The molecule has 0 saturated heterocycles. The molecule has 0 aliphatic carbocycles. The number of aryl methyl sites for hydroxylation is 1. The molecule has 0 aromatic carbocycles. The van der Waals surface area contributed by atoms with Gasteiger partial charge in [0.25, 0.3) is 0 Å². The number of carbonyl (C=O) groups is 1.